The third-order valence-corrected chi connectivity index (χ3v) is 4.51. The van der Waals surface area contributed by atoms with Crippen molar-refractivity contribution in [1.29, 1.82) is 0 Å². The van der Waals surface area contributed by atoms with Gasteiger partial charge in [-0.05, 0) is 24.3 Å². The first kappa shape index (κ1) is 17.5. The number of carbonyl (C=O) groups is 1. The second kappa shape index (κ2) is 6.77. The van der Waals surface area contributed by atoms with Crippen LogP contribution in [0.15, 0.2) is 54.2 Å². The molecule has 0 unspecified atom stereocenters. The standard InChI is InChI=1S/C18H14N10O2/c19-15-14-17(22-7-20-15)27(9-24-14)6-13(29)26-10-1-3-11(4-2-10)28-16-12(5-25-28)18(30)23-8-21-16/h1-5,7-9H,6H2,(H,26,29)(H2,19,20,22)(H,21,23,30). The predicted octanol–water partition coefficient (Wildman–Crippen LogP) is 0.469. The molecule has 0 aliphatic rings. The molecule has 0 spiro atoms. The second-order valence-electron chi connectivity index (χ2n) is 6.42. The summed E-state index contributed by atoms with van der Waals surface area (Å²) in [5.41, 5.74) is 8.20. The number of aromatic amines is 1. The normalized spacial score (nSPS) is 11.2. The Morgan fingerprint density at radius 1 is 1.10 bits per heavy atom. The number of anilines is 2. The molecule has 4 heterocycles. The Morgan fingerprint density at radius 3 is 2.77 bits per heavy atom. The highest BCUT2D eigenvalue weighted by Gasteiger charge is 2.12. The Balaban J connectivity index is 1.34. The van der Waals surface area contributed by atoms with Crippen molar-refractivity contribution in [3.63, 3.8) is 0 Å². The number of carbonyl (C=O) groups excluding carboxylic acids is 1. The molecular formula is C18H14N10O2. The first-order valence-corrected chi connectivity index (χ1v) is 8.83. The number of H-pyrrole nitrogens is 1. The van der Waals surface area contributed by atoms with Gasteiger partial charge in [0.2, 0.25) is 5.91 Å². The number of hydrogen-bond donors (Lipinski definition) is 3. The molecule has 0 fully saturated rings. The number of hydrogen-bond acceptors (Lipinski definition) is 8. The summed E-state index contributed by atoms with van der Waals surface area (Å²) in [5, 5.41) is 7.43. The number of benzene rings is 1. The molecule has 5 aromatic rings. The van der Waals surface area contributed by atoms with Crippen LogP contribution in [0, 0.1) is 0 Å². The van der Waals surface area contributed by atoms with Crippen LogP contribution in [0.1, 0.15) is 0 Å². The third-order valence-electron chi connectivity index (χ3n) is 4.51. The Labute approximate surface area is 167 Å². The number of rotatable bonds is 4. The predicted molar refractivity (Wildman–Crippen MR) is 108 cm³/mol. The summed E-state index contributed by atoms with van der Waals surface area (Å²) in [7, 11) is 0. The van der Waals surface area contributed by atoms with E-state index in [0.717, 1.165) is 0 Å². The van der Waals surface area contributed by atoms with E-state index < -0.39 is 0 Å². The summed E-state index contributed by atoms with van der Waals surface area (Å²) < 4.78 is 3.15. The highest BCUT2D eigenvalue weighted by atomic mass is 16.2. The summed E-state index contributed by atoms with van der Waals surface area (Å²) in [6.07, 6.45) is 5.61. The molecule has 4 aromatic heterocycles. The van der Waals surface area contributed by atoms with E-state index in [4.69, 9.17) is 5.73 Å². The molecule has 0 aliphatic carbocycles. The SMILES string of the molecule is Nc1ncnc2c1ncn2CC(=O)Nc1ccc(-n2ncc3c(=O)[nH]cnc32)cc1. The Hall–Kier alpha value is -4.61. The molecule has 0 saturated carbocycles. The lowest BCUT2D eigenvalue weighted by Crippen LogP contribution is -2.18. The Kier molecular flexibility index (Phi) is 3.95. The summed E-state index contributed by atoms with van der Waals surface area (Å²) >= 11 is 0. The highest BCUT2D eigenvalue weighted by molar-refractivity contribution is 5.92. The van der Waals surface area contributed by atoms with Crippen LogP contribution in [0.3, 0.4) is 0 Å². The fraction of sp³-hybridized carbons (Fsp3) is 0.0556. The molecule has 1 amide bonds. The minimum atomic E-state index is -0.255. The van der Waals surface area contributed by atoms with Crippen LogP contribution in [0.25, 0.3) is 27.9 Å². The van der Waals surface area contributed by atoms with Gasteiger partial charge in [0.05, 0.1) is 24.5 Å². The third kappa shape index (κ3) is 2.92. The summed E-state index contributed by atoms with van der Waals surface area (Å²) in [4.78, 5) is 43.1. The van der Waals surface area contributed by atoms with E-state index in [1.54, 1.807) is 33.5 Å². The summed E-state index contributed by atoms with van der Waals surface area (Å²) in [5.74, 6) is 0.00865. The van der Waals surface area contributed by atoms with Gasteiger partial charge in [-0.3, -0.25) is 9.59 Å². The number of nitrogens with two attached hydrogens (primary N) is 1. The second-order valence-corrected chi connectivity index (χ2v) is 6.42. The van der Waals surface area contributed by atoms with Crippen molar-refractivity contribution in [2.24, 2.45) is 0 Å². The smallest absolute Gasteiger partial charge is 0.261 e. The van der Waals surface area contributed by atoms with Crippen LogP contribution in [0.2, 0.25) is 0 Å². The van der Waals surface area contributed by atoms with Crippen LogP contribution in [0.5, 0.6) is 0 Å². The zero-order chi connectivity index (χ0) is 20.7. The first-order chi connectivity index (χ1) is 14.6. The molecule has 148 valence electrons. The lowest BCUT2D eigenvalue weighted by atomic mass is 10.2. The van der Waals surface area contributed by atoms with E-state index in [0.29, 0.717) is 33.6 Å². The van der Waals surface area contributed by atoms with Crippen molar-refractivity contribution in [1.82, 2.24) is 39.3 Å². The number of aromatic nitrogens is 8. The number of fused-ring (bicyclic) bond motifs is 2. The van der Waals surface area contributed by atoms with Gasteiger partial charge < -0.3 is 20.6 Å². The van der Waals surface area contributed by atoms with E-state index in [-0.39, 0.29) is 23.8 Å². The van der Waals surface area contributed by atoms with Gasteiger partial charge in [0.15, 0.2) is 17.1 Å². The number of imidazole rings is 1. The number of amides is 1. The average molecular weight is 402 g/mol. The van der Waals surface area contributed by atoms with E-state index in [2.05, 4.69) is 35.3 Å². The van der Waals surface area contributed by atoms with E-state index >= 15 is 0 Å². The molecular weight excluding hydrogens is 388 g/mol. The molecule has 4 N–H and O–H groups in total. The van der Waals surface area contributed by atoms with Crippen molar-refractivity contribution in [2.45, 2.75) is 6.54 Å². The van der Waals surface area contributed by atoms with E-state index in [1.165, 1.54) is 25.2 Å². The van der Waals surface area contributed by atoms with E-state index in [1.807, 2.05) is 0 Å². The van der Waals surface area contributed by atoms with Gasteiger partial charge in [0.1, 0.15) is 23.8 Å². The number of nitrogens with one attached hydrogen (secondary N) is 2. The van der Waals surface area contributed by atoms with Gasteiger partial charge >= 0.3 is 0 Å². The minimum Gasteiger partial charge on any atom is -0.382 e. The highest BCUT2D eigenvalue weighted by Crippen LogP contribution is 2.17. The Morgan fingerprint density at radius 2 is 1.93 bits per heavy atom. The van der Waals surface area contributed by atoms with Crippen molar-refractivity contribution in [3.8, 4) is 5.69 Å². The van der Waals surface area contributed by atoms with Crippen molar-refractivity contribution in [3.05, 3.63) is 59.8 Å². The largest absolute Gasteiger partial charge is 0.382 e. The molecule has 1 aromatic carbocycles. The van der Waals surface area contributed by atoms with E-state index in [9.17, 15) is 9.59 Å². The lowest BCUT2D eigenvalue weighted by molar-refractivity contribution is -0.116. The zero-order valence-corrected chi connectivity index (χ0v) is 15.4. The molecule has 0 aliphatic heterocycles. The van der Waals surface area contributed by atoms with Crippen molar-refractivity contribution < 1.29 is 4.79 Å². The lowest BCUT2D eigenvalue weighted by Gasteiger charge is -2.08. The fourth-order valence-electron chi connectivity index (χ4n) is 3.10. The van der Waals surface area contributed by atoms with Gasteiger partial charge in [0.25, 0.3) is 5.56 Å². The number of nitrogen functional groups attached to an aromatic ring is 1. The van der Waals surface area contributed by atoms with Crippen LogP contribution < -0.4 is 16.6 Å². The van der Waals surface area contributed by atoms with Crippen LogP contribution in [-0.2, 0) is 11.3 Å². The van der Waals surface area contributed by atoms with Gasteiger partial charge in [-0.2, -0.15) is 5.10 Å². The van der Waals surface area contributed by atoms with Crippen molar-refractivity contribution >= 4 is 39.6 Å². The van der Waals surface area contributed by atoms with Gasteiger partial charge in [-0.15, -0.1) is 0 Å². The molecule has 12 heteroatoms. The maximum absolute atomic E-state index is 12.4. The Bertz CT molecular complexity index is 1450. The summed E-state index contributed by atoms with van der Waals surface area (Å²) in [6, 6.07) is 7.01. The van der Waals surface area contributed by atoms with Gasteiger partial charge in [-0.1, -0.05) is 0 Å². The molecule has 0 bridgehead atoms. The molecule has 5 rings (SSSR count). The fourth-order valence-corrected chi connectivity index (χ4v) is 3.10. The molecule has 0 atom stereocenters. The maximum Gasteiger partial charge on any atom is 0.261 e. The van der Waals surface area contributed by atoms with Crippen LogP contribution in [0.4, 0.5) is 11.5 Å². The number of nitrogens with zero attached hydrogens (tertiary/aromatic N) is 7. The molecule has 0 radical (unpaired) electrons. The van der Waals surface area contributed by atoms with Gasteiger partial charge in [-0.25, -0.2) is 24.6 Å². The first-order valence-electron chi connectivity index (χ1n) is 8.83. The maximum atomic E-state index is 12.4. The van der Waals surface area contributed by atoms with Crippen LogP contribution >= 0.6 is 0 Å². The molecule has 0 saturated heterocycles. The summed E-state index contributed by atoms with van der Waals surface area (Å²) in [6.45, 7) is 0.0190. The topological polar surface area (TPSA) is 162 Å². The van der Waals surface area contributed by atoms with Crippen molar-refractivity contribution in [2.75, 3.05) is 11.1 Å². The average Bonchev–Trinajstić information content (AvgIpc) is 3.35. The van der Waals surface area contributed by atoms with Crippen LogP contribution in [-0.4, -0.2) is 45.2 Å². The quantitative estimate of drug-likeness (QED) is 0.391. The molecule has 30 heavy (non-hydrogen) atoms. The van der Waals surface area contributed by atoms with Gasteiger partial charge in [0, 0.05) is 5.69 Å². The minimum absolute atomic E-state index is 0.0190. The molecule has 12 nitrogen and oxygen atoms in total. The monoisotopic (exact) mass is 402 g/mol. The zero-order valence-electron chi connectivity index (χ0n) is 15.4.